The van der Waals surface area contributed by atoms with Crippen LogP contribution >= 0.6 is 0 Å². The monoisotopic (exact) mass is 411 g/mol. The Labute approximate surface area is 177 Å². The number of methoxy groups -OCH3 is 3. The first-order valence-corrected chi connectivity index (χ1v) is 9.75. The summed E-state index contributed by atoms with van der Waals surface area (Å²) in [5.41, 5.74) is 3.84. The van der Waals surface area contributed by atoms with Crippen LogP contribution in [0, 0.1) is 25.2 Å². The molecule has 7 heteroatoms. The molecule has 2 rings (SSSR count). The number of aromatic nitrogens is 1. The average molecular weight is 412 g/mol. The number of amides is 1. The van der Waals surface area contributed by atoms with E-state index >= 15 is 0 Å². The molecule has 160 valence electrons. The number of carbonyl (C=O) groups is 1. The van der Waals surface area contributed by atoms with E-state index in [4.69, 9.17) is 14.2 Å². The van der Waals surface area contributed by atoms with Gasteiger partial charge in [0.2, 0.25) is 5.75 Å². The fourth-order valence-electron chi connectivity index (χ4n) is 3.36. The van der Waals surface area contributed by atoms with Gasteiger partial charge in [-0.1, -0.05) is 6.92 Å². The number of carbonyl (C=O) groups excluding carboxylic acids is 1. The van der Waals surface area contributed by atoms with Crippen LogP contribution in [0.2, 0.25) is 0 Å². The van der Waals surface area contributed by atoms with Gasteiger partial charge in [0.15, 0.2) is 11.5 Å². The van der Waals surface area contributed by atoms with E-state index in [1.54, 1.807) is 18.2 Å². The van der Waals surface area contributed by atoms with Crippen molar-refractivity contribution in [3.8, 4) is 23.3 Å². The summed E-state index contributed by atoms with van der Waals surface area (Å²) in [4.78, 5) is 12.6. The van der Waals surface area contributed by atoms with Crippen LogP contribution in [0.3, 0.4) is 0 Å². The second kappa shape index (κ2) is 10.4. The molecule has 0 aliphatic carbocycles. The molecule has 0 spiro atoms. The third-order valence-corrected chi connectivity index (χ3v) is 4.90. The number of hydrogen-bond acceptors (Lipinski definition) is 5. The van der Waals surface area contributed by atoms with Gasteiger partial charge in [0, 0.05) is 24.5 Å². The molecule has 0 atom stereocenters. The fraction of sp³-hybridized carbons (Fsp3) is 0.391. The van der Waals surface area contributed by atoms with Crippen molar-refractivity contribution in [2.45, 2.75) is 40.3 Å². The van der Waals surface area contributed by atoms with E-state index in [0.717, 1.165) is 35.5 Å². The van der Waals surface area contributed by atoms with Crippen molar-refractivity contribution >= 4 is 12.0 Å². The van der Waals surface area contributed by atoms with Gasteiger partial charge in [-0.25, -0.2) is 0 Å². The Balaban J connectivity index is 2.22. The van der Waals surface area contributed by atoms with E-state index in [2.05, 4.69) is 16.8 Å². The summed E-state index contributed by atoms with van der Waals surface area (Å²) >= 11 is 0. The Morgan fingerprint density at radius 1 is 1.13 bits per heavy atom. The minimum Gasteiger partial charge on any atom is -0.493 e. The van der Waals surface area contributed by atoms with Crippen LogP contribution in [-0.2, 0) is 17.9 Å². The zero-order chi connectivity index (χ0) is 22.3. The molecule has 1 heterocycles. The van der Waals surface area contributed by atoms with E-state index in [1.165, 1.54) is 21.3 Å². The maximum Gasteiger partial charge on any atom is 0.262 e. The average Bonchev–Trinajstić information content (AvgIpc) is 3.02. The normalized spacial score (nSPS) is 11.0. The van der Waals surface area contributed by atoms with Gasteiger partial charge < -0.3 is 24.1 Å². The predicted octanol–water partition coefficient (Wildman–Crippen LogP) is 3.76. The lowest BCUT2D eigenvalue weighted by molar-refractivity contribution is -0.117. The topological polar surface area (TPSA) is 85.5 Å². The second-order valence-electron chi connectivity index (χ2n) is 6.86. The van der Waals surface area contributed by atoms with Crippen molar-refractivity contribution in [3.63, 3.8) is 0 Å². The van der Waals surface area contributed by atoms with E-state index < -0.39 is 5.91 Å². The van der Waals surface area contributed by atoms with Crippen LogP contribution in [0.4, 0.5) is 0 Å². The number of benzene rings is 1. The Bertz CT molecular complexity index is 958. The Kier molecular flexibility index (Phi) is 7.93. The van der Waals surface area contributed by atoms with Gasteiger partial charge >= 0.3 is 0 Å². The summed E-state index contributed by atoms with van der Waals surface area (Å²) in [5.74, 6) is 1.04. The number of ether oxygens (including phenoxy) is 3. The Morgan fingerprint density at radius 2 is 1.77 bits per heavy atom. The minimum atomic E-state index is -0.438. The van der Waals surface area contributed by atoms with Crippen molar-refractivity contribution in [3.05, 3.63) is 46.3 Å². The van der Waals surface area contributed by atoms with Crippen LogP contribution in [0.25, 0.3) is 6.08 Å². The lowest BCUT2D eigenvalue weighted by atomic mass is 10.1. The third kappa shape index (κ3) is 4.95. The molecule has 0 radical (unpaired) electrons. The highest BCUT2D eigenvalue weighted by Gasteiger charge is 2.15. The maximum absolute atomic E-state index is 12.6. The van der Waals surface area contributed by atoms with Crippen molar-refractivity contribution in [1.82, 2.24) is 9.88 Å². The molecule has 1 N–H and O–H groups in total. The van der Waals surface area contributed by atoms with E-state index in [9.17, 15) is 10.1 Å². The van der Waals surface area contributed by atoms with Crippen LogP contribution in [0.15, 0.2) is 23.8 Å². The predicted molar refractivity (Wildman–Crippen MR) is 116 cm³/mol. The lowest BCUT2D eigenvalue weighted by Gasteiger charge is -2.14. The van der Waals surface area contributed by atoms with Crippen LogP contribution in [0.1, 0.15) is 35.9 Å². The SMILES string of the molecule is CCCn1c(C)cc(/C=C(\C#N)C(=O)NCc2cc(OC)c(OC)c(OC)c2)c1C. The summed E-state index contributed by atoms with van der Waals surface area (Å²) in [7, 11) is 4.60. The molecule has 30 heavy (non-hydrogen) atoms. The van der Waals surface area contributed by atoms with E-state index in [-0.39, 0.29) is 12.1 Å². The quantitative estimate of drug-likeness (QED) is 0.502. The number of nitrogens with one attached hydrogen (secondary N) is 1. The lowest BCUT2D eigenvalue weighted by Crippen LogP contribution is -2.24. The van der Waals surface area contributed by atoms with Gasteiger partial charge in [-0.3, -0.25) is 4.79 Å². The van der Waals surface area contributed by atoms with Crippen LogP contribution < -0.4 is 19.5 Å². The van der Waals surface area contributed by atoms with Crippen molar-refractivity contribution in [2.24, 2.45) is 0 Å². The highest BCUT2D eigenvalue weighted by molar-refractivity contribution is 6.01. The first kappa shape index (κ1) is 22.9. The molecule has 0 fully saturated rings. The van der Waals surface area contributed by atoms with Crippen LogP contribution in [0.5, 0.6) is 17.2 Å². The smallest absolute Gasteiger partial charge is 0.262 e. The summed E-state index contributed by atoms with van der Waals surface area (Å²) in [6, 6.07) is 7.52. The summed E-state index contributed by atoms with van der Waals surface area (Å²) in [6.07, 6.45) is 2.65. The molecule has 1 amide bonds. The van der Waals surface area contributed by atoms with Gasteiger partial charge in [-0.15, -0.1) is 0 Å². The minimum absolute atomic E-state index is 0.0548. The molecule has 0 unspecified atom stereocenters. The zero-order valence-corrected chi connectivity index (χ0v) is 18.5. The first-order chi connectivity index (χ1) is 14.4. The molecular formula is C23H29N3O4. The van der Waals surface area contributed by atoms with E-state index in [1.807, 2.05) is 26.0 Å². The van der Waals surface area contributed by atoms with Gasteiger partial charge in [-0.05, 0) is 55.7 Å². The van der Waals surface area contributed by atoms with Gasteiger partial charge in [0.1, 0.15) is 11.6 Å². The van der Waals surface area contributed by atoms with Crippen molar-refractivity contribution < 1.29 is 19.0 Å². The highest BCUT2D eigenvalue weighted by Crippen LogP contribution is 2.38. The highest BCUT2D eigenvalue weighted by atomic mass is 16.5. The van der Waals surface area contributed by atoms with Crippen molar-refractivity contribution in [2.75, 3.05) is 21.3 Å². The molecule has 0 saturated carbocycles. The molecule has 7 nitrogen and oxygen atoms in total. The number of aryl methyl sites for hydroxylation is 1. The van der Waals surface area contributed by atoms with Gasteiger partial charge in [0.25, 0.3) is 5.91 Å². The summed E-state index contributed by atoms with van der Waals surface area (Å²) in [5, 5.41) is 12.3. The maximum atomic E-state index is 12.6. The molecule has 1 aromatic heterocycles. The summed E-state index contributed by atoms with van der Waals surface area (Å²) < 4.78 is 18.2. The van der Waals surface area contributed by atoms with Gasteiger partial charge in [0.05, 0.1) is 21.3 Å². The number of hydrogen-bond donors (Lipinski definition) is 1. The van der Waals surface area contributed by atoms with Crippen LogP contribution in [-0.4, -0.2) is 31.8 Å². The molecule has 0 saturated heterocycles. The number of nitriles is 1. The number of nitrogens with zero attached hydrogens (tertiary/aromatic N) is 2. The standard InChI is InChI=1S/C23H29N3O4/c1-7-8-26-15(2)9-18(16(26)3)12-19(13-24)23(27)25-14-17-10-20(28-4)22(30-6)21(11-17)29-5/h9-12H,7-8,14H2,1-6H3,(H,25,27)/b19-12+. The third-order valence-electron chi connectivity index (χ3n) is 4.90. The second-order valence-corrected chi connectivity index (χ2v) is 6.86. The van der Waals surface area contributed by atoms with Crippen molar-refractivity contribution in [1.29, 1.82) is 5.26 Å². The fourth-order valence-corrected chi connectivity index (χ4v) is 3.36. The van der Waals surface area contributed by atoms with Gasteiger partial charge in [-0.2, -0.15) is 5.26 Å². The largest absolute Gasteiger partial charge is 0.493 e. The molecule has 1 aromatic carbocycles. The summed E-state index contributed by atoms with van der Waals surface area (Å²) in [6.45, 7) is 7.25. The Morgan fingerprint density at radius 3 is 2.27 bits per heavy atom. The molecule has 0 aliphatic heterocycles. The molecular weight excluding hydrogens is 382 g/mol. The first-order valence-electron chi connectivity index (χ1n) is 9.75. The van der Waals surface area contributed by atoms with E-state index in [0.29, 0.717) is 17.2 Å². The molecule has 2 aromatic rings. The Hall–Kier alpha value is -3.40. The zero-order valence-electron chi connectivity index (χ0n) is 18.5. The molecule has 0 bridgehead atoms. The molecule has 0 aliphatic rings. The number of rotatable bonds is 9.